The van der Waals surface area contributed by atoms with Gasteiger partial charge >= 0.3 is 0 Å². The zero-order chi connectivity index (χ0) is 15.5. The Kier molecular flexibility index (Phi) is 3.99. The smallest absolute Gasteiger partial charge is 0.253 e. The Balaban J connectivity index is 1.59. The molecule has 2 aromatic heterocycles. The zero-order valence-electron chi connectivity index (χ0n) is 12.4. The lowest BCUT2D eigenvalue weighted by Gasteiger charge is -2.31. The van der Waals surface area contributed by atoms with E-state index in [1.165, 1.54) is 17.0 Å². The van der Waals surface area contributed by atoms with Crippen LogP contribution in [0, 0.1) is 6.92 Å². The molecular formula is C14H18N6O2. The van der Waals surface area contributed by atoms with E-state index in [1.54, 1.807) is 29.0 Å². The summed E-state index contributed by atoms with van der Waals surface area (Å²) in [6, 6.07) is 1.67. The molecule has 0 unspecified atom stereocenters. The van der Waals surface area contributed by atoms with E-state index in [9.17, 15) is 9.59 Å². The highest BCUT2D eigenvalue weighted by atomic mass is 16.2. The molecule has 0 bridgehead atoms. The molecule has 0 saturated carbocycles. The van der Waals surface area contributed by atoms with E-state index in [4.69, 9.17) is 0 Å². The average Bonchev–Trinajstić information content (AvgIpc) is 3.04. The second-order valence-corrected chi connectivity index (χ2v) is 5.46. The number of hydrogen-bond acceptors (Lipinski definition) is 5. The summed E-state index contributed by atoms with van der Waals surface area (Å²) < 4.78 is 1.34. The molecule has 0 aliphatic carbocycles. The monoisotopic (exact) mass is 302 g/mol. The van der Waals surface area contributed by atoms with Gasteiger partial charge in [0.1, 0.15) is 6.54 Å². The van der Waals surface area contributed by atoms with Gasteiger partial charge in [0, 0.05) is 24.8 Å². The van der Waals surface area contributed by atoms with E-state index >= 15 is 0 Å². The van der Waals surface area contributed by atoms with E-state index in [1.807, 2.05) is 0 Å². The first kappa shape index (κ1) is 14.4. The predicted octanol–water partition coefficient (Wildman–Crippen LogP) is 0.00692. The lowest BCUT2D eigenvalue weighted by molar-refractivity contribution is -0.133. The van der Waals surface area contributed by atoms with Crippen molar-refractivity contribution >= 4 is 5.91 Å². The molecular weight excluding hydrogens is 284 g/mol. The molecule has 8 nitrogen and oxygen atoms in total. The molecule has 0 radical (unpaired) electrons. The number of amides is 1. The standard InChI is InChI=1S/C14H18N6O2/c1-11-8-13(21)19(10-15-11)9-14(22)18-6-2-12(3-7-18)20-16-4-5-17-20/h4-5,8,10,12H,2-3,6-7,9H2,1H3. The van der Waals surface area contributed by atoms with Crippen LogP contribution < -0.4 is 5.56 Å². The van der Waals surface area contributed by atoms with Crippen molar-refractivity contribution in [2.75, 3.05) is 13.1 Å². The predicted molar refractivity (Wildman–Crippen MR) is 78.1 cm³/mol. The fourth-order valence-electron chi connectivity index (χ4n) is 2.64. The maximum Gasteiger partial charge on any atom is 0.253 e. The first-order valence-corrected chi connectivity index (χ1v) is 7.30. The molecule has 1 amide bonds. The quantitative estimate of drug-likeness (QED) is 0.797. The SMILES string of the molecule is Cc1cc(=O)n(CC(=O)N2CCC(n3nccn3)CC2)cn1. The number of likely N-dealkylation sites (tertiary alicyclic amines) is 1. The van der Waals surface area contributed by atoms with Crippen LogP contribution in [0.4, 0.5) is 0 Å². The molecule has 1 aliphatic heterocycles. The summed E-state index contributed by atoms with van der Waals surface area (Å²) in [6.07, 6.45) is 6.39. The molecule has 3 rings (SSSR count). The van der Waals surface area contributed by atoms with Gasteiger partial charge in [-0.3, -0.25) is 14.2 Å². The van der Waals surface area contributed by atoms with E-state index in [-0.39, 0.29) is 24.1 Å². The largest absolute Gasteiger partial charge is 0.341 e. The van der Waals surface area contributed by atoms with Gasteiger partial charge in [-0.2, -0.15) is 15.0 Å². The molecule has 1 saturated heterocycles. The number of aromatic nitrogens is 5. The minimum absolute atomic E-state index is 0.0385. The third-order valence-corrected chi connectivity index (χ3v) is 3.90. The van der Waals surface area contributed by atoms with Crippen molar-refractivity contribution < 1.29 is 4.79 Å². The van der Waals surface area contributed by atoms with E-state index in [0.717, 1.165) is 12.8 Å². The second kappa shape index (κ2) is 6.08. The summed E-state index contributed by atoms with van der Waals surface area (Å²) in [7, 11) is 0. The Morgan fingerprint density at radius 1 is 1.27 bits per heavy atom. The fraction of sp³-hybridized carbons (Fsp3) is 0.500. The van der Waals surface area contributed by atoms with Gasteiger partial charge in [0.25, 0.3) is 5.56 Å². The van der Waals surface area contributed by atoms with E-state index in [0.29, 0.717) is 18.8 Å². The highest BCUT2D eigenvalue weighted by Crippen LogP contribution is 2.20. The van der Waals surface area contributed by atoms with Crippen molar-refractivity contribution in [2.45, 2.75) is 32.4 Å². The molecule has 3 heterocycles. The first-order valence-electron chi connectivity index (χ1n) is 7.30. The number of carbonyl (C=O) groups excluding carboxylic acids is 1. The van der Waals surface area contributed by atoms with Gasteiger partial charge in [-0.15, -0.1) is 0 Å². The third kappa shape index (κ3) is 3.05. The van der Waals surface area contributed by atoms with Crippen LogP contribution >= 0.6 is 0 Å². The number of hydrogen-bond donors (Lipinski definition) is 0. The lowest BCUT2D eigenvalue weighted by atomic mass is 10.1. The van der Waals surface area contributed by atoms with E-state index < -0.39 is 0 Å². The third-order valence-electron chi connectivity index (χ3n) is 3.90. The molecule has 0 aromatic carbocycles. The summed E-state index contributed by atoms with van der Waals surface area (Å²) in [4.78, 5) is 31.6. The van der Waals surface area contributed by atoms with Gasteiger partial charge in [-0.25, -0.2) is 4.98 Å². The van der Waals surface area contributed by atoms with Crippen molar-refractivity contribution in [3.63, 3.8) is 0 Å². The maximum atomic E-state index is 12.3. The Morgan fingerprint density at radius 3 is 2.59 bits per heavy atom. The molecule has 0 atom stereocenters. The first-order chi connectivity index (χ1) is 10.6. The Morgan fingerprint density at radius 2 is 1.95 bits per heavy atom. The van der Waals surface area contributed by atoms with Gasteiger partial charge in [-0.05, 0) is 19.8 Å². The molecule has 2 aromatic rings. The molecule has 1 aliphatic rings. The van der Waals surface area contributed by atoms with Crippen molar-refractivity contribution in [2.24, 2.45) is 0 Å². The molecule has 1 fully saturated rings. The normalized spacial score (nSPS) is 16.0. The number of nitrogens with zero attached hydrogens (tertiary/aromatic N) is 6. The molecule has 116 valence electrons. The minimum Gasteiger partial charge on any atom is -0.341 e. The number of piperidine rings is 1. The Labute approximate surface area is 127 Å². The van der Waals surface area contributed by atoms with Crippen molar-refractivity contribution in [1.29, 1.82) is 0 Å². The van der Waals surface area contributed by atoms with Crippen LogP contribution in [-0.2, 0) is 11.3 Å². The van der Waals surface area contributed by atoms with Crippen LogP contribution in [0.2, 0.25) is 0 Å². The molecule has 0 N–H and O–H groups in total. The number of rotatable bonds is 3. The topological polar surface area (TPSA) is 85.9 Å². The lowest BCUT2D eigenvalue weighted by Crippen LogP contribution is -2.42. The van der Waals surface area contributed by atoms with Crippen LogP contribution in [0.5, 0.6) is 0 Å². The summed E-state index contributed by atoms with van der Waals surface area (Å²) >= 11 is 0. The molecule has 0 spiro atoms. The Hall–Kier alpha value is -2.51. The van der Waals surface area contributed by atoms with Crippen molar-refractivity contribution in [3.8, 4) is 0 Å². The zero-order valence-corrected chi connectivity index (χ0v) is 12.4. The van der Waals surface area contributed by atoms with Crippen LogP contribution in [0.15, 0.2) is 29.6 Å². The Bertz CT molecular complexity index is 700. The van der Waals surface area contributed by atoms with E-state index in [2.05, 4.69) is 15.2 Å². The summed E-state index contributed by atoms with van der Waals surface area (Å²) in [5.41, 5.74) is 0.456. The minimum atomic E-state index is -0.198. The maximum absolute atomic E-state index is 12.3. The number of carbonyl (C=O) groups is 1. The average molecular weight is 302 g/mol. The van der Waals surface area contributed by atoms with Crippen molar-refractivity contribution in [1.82, 2.24) is 29.4 Å². The van der Waals surface area contributed by atoms with Crippen LogP contribution in [0.3, 0.4) is 0 Å². The summed E-state index contributed by atoms with van der Waals surface area (Å²) in [6.45, 7) is 3.09. The highest BCUT2D eigenvalue weighted by Gasteiger charge is 2.24. The van der Waals surface area contributed by atoms with Gasteiger partial charge in [0.05, 0.1) is 24.8 Å². The van der Waals surface area contributed by atoms with Crippen LogP contribution in [0.1, 0.15) is 24.6 Å². The summed E-state index contributed by atoms with van der Waals surface area (Å²) in [5.74, 6) is -0.0559. The number of aryl methyl sites for hydroxylation is 1. The van der Waals surface area contributed by atoms with Gasteiger partial charge in [-0.1, -0.05) is 0 Å². The highest BCUT2D eigenvalue weighted by molar-refractivity contribution is 5.76. The van der Waals surface area contributed by atoms with Gasteiger partial charge in [0.15, 0.2) is 0 Å². The van der Waals surface area contributed by atoms with Crippen molar-refractivity contribution in [3.05, 3.63) is 40.8 Å². The summed E-state index contributed by atoms with van der Waals surface area (Å²) in [5, 5.41) is 8.29. The van der Waals surface area contributed by atoms with Gasteiger partial charge < -0.3 is 4.90 Å². The molecule has 22 heavy (non-hydrogen) atoms. The molecule has 8 heteroatoms. The van der Waals surface area contributed by atoms with Crippen LogP contribution in [-0.4, -0.2) is 48.4 Å². The second-order valence-electron chi connectivity index (χ2n) is 5.46. The van der Waals surface area contributed by atoms with Crippen LogP contribution in [0.25, 0.3) is 0 Å². The fourth-order valence-corrected chi connectivity index (χ4v) is 2.64. The van der Waals surface area contributed by atoms with Gasteiger partial charge in [0.2, 0.25) is 5.91 Å².